The van der Waals surface area contributed by atoms with Gasteiger partial charge in [0.15, 0.2) is 0 Å². The fourth-order valence-electron chi connectivity index (χ4n) is 2.94. The second-order valence-electron chi connectivity index (χ2n) is 7.10. The van der Waals surface area contributed by atoms with Gasteiger partial charge in [-0.1, -0.05) is 70.7 Å². The maximum Gasteiger partial charge on any atom is 0.349 e. The molecule has 1 amide bonds. The lowest BCUT2D eigenvalue weighted by Gasteiger charge is -2.24. The second-order valence-corrected chi connectivity index (χ2v) is 8.78. The first kappa shape index (κ1) is 27.3. The fraction of sp³-hybridized carbons (Fsp3) is 0.0833. The summed E-state index contributed by atoms with van der Waals surface area (Å²) in [6.45, 7) is 0. The molecule has 3 rings (SSSR count). The molecule has 186 valence electrons. The van der Waals surface area contributed by atoms with E-state index in [4.69, 9.17) is 55.9 Å². The smallest absolute Gasteiger partial charge is 0.349 e. The summed E-state index contributed by atoms with van der Waals surface area (Å²) < 4.78 is 10.3. The summed E-state index contributed by atoms with van der Waals surface area (Å²) in [5.41, 5.74) is -0.245. The van der Waals surface area contributed by atoms with Gasteiger partial charge in [-0.05, 0) is 42.5 Å². The van der Waals surface area contributed by atoms with Crippen LogP contribution in [0, 0.1) is 0 Å². The van der Waals surface area contributed by atoms with Crippen LogP contribution < -0.4 is 5.32 Å². The summed E-state index contributed by atoms with van der Waals surface area (Å²) in [7, 11) is 0. The quantitative estimate of drug-likeness (QED) is 0.330. The van der Waals surface area contributed by atoms with Crippen molar-refractivity contribution in [3.05, 3.63) is 97.9 Å². The molecule has 0 aliphatic heterocycles. The maximum absolute atomic E-state index is 13.1. The van der Waals surface area contributed by atoms with Crippen molar-refractivity contribution < 1.29 is 33.8 Å². The lowest BCUT2D eigenvalue weighted by molar-refractivity contribution is -0.157. The van der Waals surface area contributed by atoms with Crippen molar-refractivity contribution in [2.24, 2.45) is 0 Å². The number of benzene rings is 3. The Hall–Kier alpha value is -3.30. The number of aliphatic carboxylic acids is 1. The predicted octanol–water partition coefficient (Wildman–Crippen LogP) is 5.77. The van der Waals surface area contributed by atoms with Crippen LogP contribution in [0.2, 0.25) is 20.1 Å². The van der Waals surface area contributed by atoms with Crippen molar-refractivity contribution >= 4 is 75.9 Å². The molecule has 3 aromatic carbocycles. The van der Waals surface area contributed by atoms with E-state index in [0.29, 0.717) is 0 Å². The van der Waals surface area contributed by atoms with Crippen LogP contribution in [0.1, 0.15) is 20.7 Å². The summed E-state index contributed by atoms with van der Waals surface area (Å²) in [5.74, 6) is -5.21. The Morgan fingerprint density at radius 2 is 1.14 bits per heavy atom. The minimum absolute atomic E-state index is 0.0109. The number of hydrogen-bond donors (Lipinski definition) is 2. The summed E-state index contributed by atoms with van der Waals surface area (Å²) >= 11 is 23.9. The van der Waals surface area contributed by atoms with E-state index in [0.717, 1.165) is 0 Å². The van der Waals surface area contributed by atoms with E-state index in [-0.39, 0.29) is 36.9 Å². The molecule has 0 saturated heterocycles. The van der Waals surface area contributed by atoms with Crippen LogP contribution in [0.4, 0.5) is 5.69 Å². The van der Waals surface area contributed by atoms with E-state index in [2.05, 4.69) is 5.32 Å². The number of nitrogens with one attached hydrogen (secondary N) is 1. The molecule has 0 unspecified atom stereocenters. The molecule has 0 aliphatic rings. The number of hydrogen-bond acceptors (Lipinski definition) is 6. The van der Waals surface area contributed by atoms with Gasteiger partial charge in [-0.25, -0.2) is 14.4 Å². The van der Waals surface area contributed by atoms with Gasteiger partial charge >= 0.3 is 17.9 Å². The van der Waals surface area contributed by atoms with Crippen molar-refractivity contribution in [1.29, 1.82) is 0 Å². The molecule has 0 aliphatic carbocycles. The lowest BCUT2D eigenvalue weighted by Crippen LogP contribution is -2.48. The van der Waals surface area contributed by atoms with Crippen molar-refractivity contribution in [2.75, 3.05) is 5.32 Å². The number of carboxylic acid groups (broad SMARTS) is 1. The first-order chi connectivity index (χ1) is 17.1. The van der Waals surface area contributed by atoms with Crippen molar-refractivity contribution in [3.8, 4) is 0 Å². The lowest BCUT2D eigenvalue weighted by atomic mass is 10.1. The summed E-state index contributed by atoms with van der Waals surface area (Å²) in [6, 6.07) is 15.5. The topological polar surface area (TPSA) is 119 Å². The van der Waals surface area contributed by atoms with E-state index in [9.17, 15) is 24.3 Å². The third kappa shape index (κ3) is 6.89. The first-order valence-electron chi connectivity index (χ1n) is 9.97. The number of esters is 2. The van der Waals surface area contributed by atoms with E-state index < -0.39 is 36.0 Å². The number of carbonyl (C=O) groups excluding carboxylic acids is 3. The van der Waals surface area contributed by atoms with Gasteiger partial charge in [-0.2, -0.15) is 0 Å². The highest BCUT2D eigenvalue weighted by molar-refractivity contribution is 6.35. The Bertz CT molecular complexity index is 1310. The highest BCUT2D eigenvalue weighted by atomic mass is 35.5. The van der Waals surface area contributed by atoms with Crippen LogP contribution in [0.25, 0.3) is 0 Å². The van der Waals surface area contributed by atoms with E-state index in [1.54, 1.807) is 12.1 Å². The van der Waals surface area contributed by atoms with Gasteiger partial charge in [0.2, 0.25) is 12.2 Å². The number of ether oxygens (including phenoxy) is 2. The molecule has 36 heavy (non-hydrogen) atoms. The summed E-state index contributed by atoms with van der Waals surface area (Å²) in [4.78, 5) is 50.7. The molecule has 8 nitrogen and oxygen atoms in total. The van der Waals surface area contributed by atoms with E-state index >= 15 is 0 Å². The number of carbonyl (C=O) groups is 4. The van der Waals surface area contributed by atoms with Crippen LogP contribution >= 0.6 is 46.4 Å². The molecule has 0 aromatic heterocycles. The Labute approximate surface area is 224 Å². The van der Waals surface area contributed by atoms with Crippen molar-refractivity contribution in [1.82, 2.24) is 0 Å². The number of carboxylic acids is 1. The van der Waals surface area contributed by atoms with Gasteiger partial charge in [0.1, 0.15) is 0 Å². The van der Waals surface area contributed by atoms with Gasteiger partial charge in [-0.3, -0.25) is 4.79 Å². The Morgan fingerprint density at radius 3 is 1.58 bits per heavy atom. The van der Waals surface area contributed by atoms with Gasteiger partial charge in [0.25, 0.3) is 5.91 Å². The Balaban J connectivity index is 1.96. The number of anilines is 1. The molecule has 3 aromatic rings. The molecule has 0 bridgehead atoms. The Kier molecular flexibility index (Phi) is 9.17. The second kappa shape index (κ2) is 12.1. The number of amides is 1. The van der Waals surface area contributed by atoms with Gasteiger partial charge < -0.3 is 19.9 Å². The van der Waals surface area contributed by atoms with Crippen LogP contribution in [0.15, 0.2) is 66.7 Å². The molecule has 0 saturated carbocycles. The Morgan fingerprint density at radius 1 is 0.694 bits per heavy atom. The average Bonchev–Trinajstić information content (AvgIpc) is 2.80. The zero-order valence-electron chi connectivity index (χ0n) is 17.9. The fourth-order valence-corrected chi connectivity index (χ4v) is 3.90. The highest BCUT2D eigenvalue weighted by Crippen LogP contribution is 2.25. The molecule has 0 radical (unpaired) electrons. The average molecular weight is 571 g/mol. The number of rotatable bonds is 8. The summed E-state index contributed by atoms with van der Waals surface area (Å²) in [6.07, 6.45) is -4.43. The van der Waals surface area contributed by atoms with Crippen molar-refractivity contribution in [2.45, 2.75) is 12.2 Å². The van der Waals surface area contributed by atoms with Gasteiger partial charge in [-0.15, -0.1) is 0 Å². The molecule has 0 spiro atoms. The van der Waals surface area contributed by atoms with Gasteiger partial charge in [0.05, 0.1) is 21.2 Å². The minimum Gasteiger partial charge on any atom is -0.478 e. The maximum atomic E-state index is 13.1. The van der Waals surface area contributed by atoms with Gasteiger partial charge in [0, 0.05) is 15.7 Å². The summed E-state index contributed by atoms with van der Waals surface area (Å²) in [5, 5.41) is 12.5. The largest absolute Gasteiger partial charge is 0.478 e. The van der Waals surface area contributed by atoms with Crippen LogP contribution in [0.5, 0.6) is 0 Å². The third-order valence-corrected chi connectivity index (χ3v) is 5.66. The normalized spacial score (nSPS) is 12.2. The van der Waals surface area contributed by atoms with Crippen molar-refractivity contribution in [3.63, 3.8) is 0 Å². The van der Waals surface area contributed by atoms with Crippen LogP contribution in [-0.2, 0) is 19.1 Å². The minimum atomic E-state index is -2.27. The van der Waals surface area contributed by atoms with Crippen LogP contribution in [0.3, 0.4) is 0 Å². The van der Waals surface area contributed by atoms with E-state index in [1.807, 2.05) is 0 Å². The van der Waals surface area contributed by atoms with Crippen LogP contribution in [-0.4, -0.2) is 41.1 Å². The SMILES string of the molecule is O=C(O[C@@H](C(=O)O)[C@@H](OC(=O)c1ccccc1Cl)C(=O)Nc1cc(Cl)cc(Cl)c1)c1ccccc1Cl. The molecule has 0 fully saturated rings. The monoisotopic (exact) mass is 569 g/mol. The molecule has 2 atom stereocenters. The highest BCUT2D eigenvalue weighted by Gasteiger charge is 2.41. The molecule has 0 heterocycles. The third-order valence-electron chi connectivity index (χ3n) is 4.56. The predicted molar refractivity (Wildman–Crippen MR) is 134 cm³/mol. The molecule has 12 heteroatoms. The number of halogens is 4. The zero-order chi connectivity index (χ0) is 26.4. The molecule has 2 N–H and O–H groups in total. The van der Waals surface area contributed by atoms with E-state index in [1.165, 1.54) is 54.6 Å². The zero-order valence-corrected chi connectivity index (χ0v) is 20.9. The first-order valence-corrected chi connectivity index (χ1v) is 11.5. The molecular formula is C24H15Cl4NO7. The molecular weight excluding hydrogens is 556 g/mol. The standard InChI is InChI=1S/C24H15Cl4NO7/c25-12-9-13(26)11-14(10-12)29-21(30)19(35-23(33)15-5-1-3-7-17(15)27)20(22(31)32)36-24(34)16-6-2-4-8-18(16)28/h1-11,19-20H,(H,29,30)(H,31,32)/t19-,20-/m1/s1.